The lowest BCUT2D eigenvalue weighted by Gasteiger charge is -2.34. The number of ether oxygens (including phenoxy) is 2. The summed E-state index contributed by atoms with van der Waals surface area (Å²) in [6.45, 7) is 4.44. The van der Waals surface area contributed by atoms with E-state index in [1.807, 2.05) is 51.0 Å². The zero-order valence-electron chi connectivity index (χ0n) is 22.0. The Morgan fingerprint density at radius 1 is 1.22 bits per heavy atom. The van der Waals surface area contributed by atoms with Crippen LogP contribution in [0.15, 0.2) is 42.5 Å². The SMILES string of the molecule is COc1ccc(NC(=O)N(C)C[C@@H]2Oc3ccc(N(C)C)cc3CC(=O)N([C@@H](C)CO)C[C@@H]2C)cc1. The number of nitrogens with one attached hydrogen (secondary N) is 1. The lowest BCUT2D eigenvalue weighted by atomic mass is 10.0. The van der Waals surface area contributed by atoms with Gasteiger partial charge in [-0.05, 0) is 49.4 Å². The van der Waals surface area contributed by atoms with Gasteiger partial charge in [-0.15, -0.1) is 0 Å². The number of hydrogen-bond acceptors (Lipinski definition) is 6. The fraction of sp³-hybridized carbons (Fsp3) is 0.481. The van der Waals surface area contributed by atoms with Crippen LogP contribution in [0.3, 0.4) is 0 Å². The summed E-state index contributed by atoms with van der Waals surface area (Å²) in [4.78, 5) is 31.5. The third-order valence-electron chi connectivity index (χ3n) is 6.56. The number of likely N-dealkylation sites (N-methyl/N-ethyl adjacent to an activating group) is 1. The molecule has 0 fully saturated rings. The summed E-state index contributed by atoms with van der Waals surface area (Å²) in [5.41, 5.74) is 2.41. The molecule has 2 aromatic carbocycles. The molecule has 0 spiro atoms. The largest absolute Gasteiger partial charge is 0.497 e. The quantitative estimate of drug-likeness (QED) is 0.609. The molecule has 0 radical (unpaired) electrons. The number of hydrogen-bond donors (Lipinski definition) is 2. The van der Waals surface area contributed by atoms with Crippen LogP contribution in [0.5, 0.6) is 11.5 Å². The second kappa shape index (κ2) is 12.0. The van der Waals surface area contributed by atoms with E-state index in [1.54, 1.807) is 48.2 Å². The molecule has 0 aliphatic carbocycles. The Morgan fingerprint density at radius 3 is 2.53 bits per heavy atom. The van der Waals surface area contributed by atoms with E-state index in [9.17, 15) is 14.7 Å². The predicted molar refractivity (Wildman–Crippen MR) is 141 cm³/mol. The van der Waals surface area contributed by atoms with E-state index in [0.29, 0.717) is 30.3 Å². The predicted octanol–water partition coefficient (Wildman–Crippen LogP) is 3.07. The normalized spacial score (nSPS) is 18.6. The van der Waals surface area contributed by atoms with Crippen LogP contribution in [0, 0.1) is 5.92 Å². The van der Waals surface area contributed by atoms with E-state index in [1.165, 1.54) is 0 Å². The van der Waals surface area contributed by atoms with Gasteiger partial charge in [0.15, 0.2) is 0 Å². The van der Waals surface area contributed by atoms with Crippen molar-refractivity contribution in [2.45, 2.75) is 32.4 Å². The molecule has 36 heavy (non-hydrogen) atoms. The monoisotopic (exact) mass is 498 g/mol. The maximum absolute atomic E-state index is 13.3. The van der Waals surface area contributed by atoms with Crippen LogP contribution in [0.2, 0.25) is 0 Å². The fourth-order valence-corrected chi connectivity index (χ4v) is 4.16. The van der Waals surface area contributed by atoms with Crippen LogP contribution < -0.4 is 19.7 Å². The summed E-state index contributed by atoms with van der Waals surface area (Å²) >= 11 is 0. The van der Waals surface area contributed by atoms with Crippen molar-refractivity contribution in [1.29, 1.82) is 0 Å². The van der Waals surface area contributed by atoms with Crippen molar-refractivity contribution >= 4 is 23.3 Å². The van der Waals surface area contributed by atoms with E-state index in [4.69, 9.17) is 9.47 Å². The summed E-state index contributed by atoms with van der Waals surface area (Å²) in [6, 6.07) is 12.3. The lowest BCUT2D eigenvalue weighted by Crippen LogP contribution is -2.48. The van der Waals surface area contributed by atoms with Crippen LogP contribution in [-0.4, -0.2) is 86.9 Å². The van der Waals surface area contributed by atoms with Crippen molar-refractivity contribution in [3.05, 3.63) is 48.0 Å². The second-order valence-electron chi connectivity index (χ2n) is 9.61. The number of nitrogens with zero attached hydrogens (tertiary/aromatic N) is 3. The number of carbonyl (C=O) groups is 2. The minimum Gasteiger partial charge on any atom is -0.497 e. The number of urea groups is 1. The highest BCUT2D eigenvalue weighted by atomic mass is 16.5. The summed E-state index contributed by atoms with van der Waals surface area (Å²) in [7, 11) is 7.20. The zero-order valence-corrected chi connectivity index (χ0v) is 22.0. The van der Waals surface area contributed by atoms with Gasteiger partial charge in [-0.25, -0.2) is 4.79 Å². The van der Waals surface area contributed by atoms with E-state index >= 15 is 0 Å². The Kier molecular flexibility index (Phi) is 9.03. The molecule has 0 saturated carbocycles. The number of aliphatic hydroxyl groups excluding tert-OH is 1. The molecule has 0 unspecified atom stereocenters. The minimum absolute atomic E-state index is 0.0598. The number of rotatable bonds is 7. The number of carbonyl (C=O) groups excluding carboxylic acids is 2. The van der Waals surface area contributed by atoms with Gasteiger partial charge in [-0.3, -0.25) is 4.79 Å². The van der Waals surface area contributed by atoms with Gasteiger partial charge in [-0.2, -0.15) is 0 Å². The fourth-order valence-electron chi connectivity index (χ4n) is 4.16. The number of fused-ring (bicyclic) bond motifs is 1. The number of amides is 3. The Hall–Kier alpha value is -3.46. The van der Waals surface area contributed by atoms with E-state index < -0.39 is 0 Å². The number of benzene rings is 2. The number of aliphatic hydroxyl groups is 1. The Balaban J connectivity index is 1.84. The van der Waals surface area contributed by atoms with Crippen molar-refractivity contribution in [2.75, 3.05) is 58.2 Å². The molecule has 3 atom stereocenters. The first-order valence-corrected chi connectivity index (χ1v) is 12.2. The average molecular weight is 499 g/mol. The molecule has 196 valence electrons. The van der Waals surface area contributed by atoms with Crippen molar-refractivity contribution in [2.24, 2.45) is 5.92 Å². The third kappa shape index (κ3) is 6.60. The molecule has 3 rings (SSSR count). The number of methoxy groups -OCH3 is 1. The molecule has 1 aliphatic rings. The van der Waals surface area contributed by atoms with E-state index in [2.05, 4.69) is 5.32 Å². The third-order valence-corrected chi connectivity index (χ3v) is 6.56. The molecule has 1 heterocycles. The summed E-state index contributed by atoms with van der Waals surface area (Å²) in [6.07, 6.45) is -0.200. The van der Waals surface area contributed by atoms with E-state index in [-0.39, 0.29) is 43.0 Å². The topological polar surface area (TPSA) is 94.6 Å². The van der Waals surface area contributed by atoms with Crippen LogP contribution >= 0.6 is 0 Å². The molecule has 9 heteroatoms. The van der Waals surface area contributed by atoms with Gasteiger partial charge >= 0.3 is 6.03 Å². The molecule has 0 aromatic heterocycles. The maximum Gasteiger partial charge on any atom is 0.321 e. The van der Waals surface area contributed by atoms with Gasteiger partial charge < -0.3 is 34.6 Å². The highest BCUT2D eigenvalue weighted by molar-refractivity contribution is 5.89. The van der Waals surface area contributed by atoms with Crippen molar-refractivity contribution in [3.8, 4) is 11.5 Å². The van der Waals surface area contributed by atoms with Crippen molar-refractivity contribution in [1.82, 2.24) is 9.80 Å². The summed E-state index contributed by atoms with van der Waals surface area (Å²) in [5, 5.41) is 12.7. The molecule has 2 N–H and O–H groups in total. The Bertz CT molecular complexity index is 1040. The molecule has 9 nitrogen and oxygen atoms in total. The molecule has 0 bridgehead atoms. The first-order valence-electron chi connectivity index (χ1n) is 12.2. The summed E-state index contributed by atoms with van der Waals surface area (Å²) in [5.74, 6) is 1.18. The molecular formula is C27H38N4O5. The molecular weight excluding hydrogens is 460 g/mol. The van der Waals surface area contributed by atoms with Crippen molar-refractivity contribution < 1.29 is 24.2 Å². The van der Waals surface area contributed by atoms with Crippen LogP contribution in [0.1, 0.15) is 19.4 Å². The van der Waals surface area contributed by atoms with Gasteiger partial charge in [0.25, 0.3) is 0 Å². The van der Waals surface area contributed by atoms with Crippen molar-refractivity contribution in [3.63, 3.8) is 0 Å². The van der Waals surface area contributed by atoms with Gasteiger partial charge in [-0.1, -0.05) is 6.92 Å². The Morgan fingerprint density at radius 2 is 1.92 bits per heavy atom. The first-order chi connectivity index (χ1) is 17.1. The average Bonchev–Trinajstić information content (AvgIpc) is 2.91. The minimum atomic E-state index is -0.375. The van der Waals surface area contributed by atoms with Gasteiger partial charge in [0, 0.05) is 50.5 Å². The standard InChI is InChI=1S/C27H38N4O5/c1-18-15-31(19(2)17-32)26(33)14-20-13-22(29(3)4)9-12-24(20)36-25(18)16-30(5)27(34)28-21-7-10-23(35-6)11-8-21/h7-13,18-19,25,32H,14-17H2,1-6H3,(H,28,34)/t18-,19-,25-/m0/s1. The summed E-state index contributed by atoms with van der Waals surface area (Å²) < 4.78 is 11.6. The smallest absolute Gasteiger partial charge is 0.321 e. The molecule has 2 aromatic rings. The van der Waals surface area contributed by atoms with Gasteiger partial charge in [0.2, 0.25) is 5.91 Å². The molecule has 0 saturated heterocycles. The van der Waals surface area contributed by atoms with Crippen LogP contribution in [0.25, 0.3) is 0 Å². The van der Waals surface area contributed by atoms with Crippen LogP contribution in [-0.2, 0) is 11.2 Å². The number of anilines is 2. The maximum atomic E-state index is 13.3. The molecule has 3 amide bonds. The Labute approximate surface area is 213 Å². The van der Waals surface area contributed by atoms with E-state index in [0.717, 1.165) is 11.3 Å². The lowest BCUT2D eigenvalue weighted by molar-refractivity contribution is -0.134. The molecule has 1 aliphatic heterocycles. The van der Waals surface area contributed by atoms with Gasteiger partial charge in [0.1, 0.15) is 17.6 Å². The highest BCUT2D eigenvalue weighted by Crippen LogP contribution is 2.30. The van der Waals surface area contributed by atoms with Crippen LogP contribution in [0.4, 0.5) is 16.2 Å². The zero-order chi connectivity index (χ0) is 26.4. The highest BCUT2D eigenvalue weighted by Gasteiger charge is 2.32. The second-order valence-corrected chi connectivity index (χ2v) is 9.61. The van der Waals surface area contributed by atoms with Gasteiger partial charge in [0.05, 0.1) is 32.7 Å². The first kappa shape index (κ1) is 27.1.